The van der Waals surface area contributed by atoms with E-state index in [2.05, 4.69) is 15.6 Å². The molecule has 1 unspecified atom stereocenters. The standard InChI is InChI=1S/C12H23N5O/c1-12(2,3)10(13)9-11(18)14-5-4-7-17-8-6-15-16-17/h6,8,10H,4-5,7,9,13H2,1-3H3,(H,14,18). The molecule has 0 spiro atoms. The van der Waals surface area contributed by atoms with Crippen molar-refractivity contribution in [3.8, 4) is 0 Å². The van der Waals surface area contributed by atoms with Crippen LogP contribution >= 0.6 is 0 Å². The number of nitrogens with one attached hydrogen (secondary N) is 1. The first-order valence-electron chi connectivity index (χ1n) is 6.26. The van der Waals surface area contributed by atoms with Crippen molar-refractivity contribution in [3.63, 3.8) is 0 Å². The van der Waals surface area contributed by atoms with Crippen LogP contribution in [0, 0.1) is 5.41 Å². The Hall–Kier alpha value is -1.43. The second-order valence-electron chi connectivity index (χ2n) is 5.55. The van der Waals surface area contributed by atoms with Crippen molar-refractivity contribution in [1.82, 2.24) is 20.3 Å². The van der Waals surface area contributed by atoms with E-state index in [1.165, 1.54) is 0 Å². The summed E-state index contributed by atoms with van der Waals surface area (Å²) in [6.45, 7) is 7.50. The van der Waals surface area contributed by atoms with Crippen LogP contribution in [0.3, 0.4) is 0 Å². The number of hydrogen-bond donors (Lipinski definition) is 2. The number of carbonyl (C=O) groups is 1. The summed E-state index contributed by atoms with van der Waals surface area (Å²) >= 11 is 0. The molecular weight excluding hydrogens is 230 g/mol. The predicted molar refractivity (Wildman–Crippen MR) is 69.7 cm³/mol. The van der Waals surface area contributed by atoms with Crippen LogP contribution in [0.25, 0.3) is 0 Å². The summed E-state index contributed by atoms with van der Waals surface area (Å²) in [7, 11) is 0. The van der Waals surface area contributed by atoms with Gasteiger partial charge in [-0.3, -0.25) is 9.48 Å². The van der Waals surface area contributed by atoms with Gasteiger partial charge in [-0.05, 0) is 11.8 Å². The van der Waals surface area contributed by atoms with E-state index in [0.717, 1.165) is 13.0 Å². The van der Waals surface area contributed by atoms with Crippen LogP contribution in [0.15, 0.2) is 12.4 Å². The van der Waals surface area contributed by atoms with Crippen molar-refractivity contribution in [2.24, 2.45) is 11.1 Å². The van der Waals surface area contributed by atoms with Crippen LogP contribution in [0.4, 0.5) is 0 Å². The lowest BCUT2D eigenvalue weighted by Crippen LogP contribution is -2.40. The molecule has 1 heterocycles. The summed E-state index contributed by atoms with van der Waals surface area (Å²) in [5, 5.41) is 10.4. The van der Waals surface area contributed by atoms with Gasteiger partial charge in [0.15, 0.2) is 0 Å². The van der Waals surface area contributed by atoms with Crippen molar-refractivity contribution < 1.29 is 4.79 Å². The molecule has 18 heavy (non-hydrogen) atoms. The number of nitrogens with zero attached hydrogens (tertiary/aromatic N) is 3. The predicted octanol–water partition coefficient (Wildman–Crippen LogP) is 0.548. The SMILES string of the molecule is CC(C)(C)C(N)CC(=O)NCCCn1ccnn1. The van der Waals surface area contributed by atoms with Crippen LogP contribution in [0.1, 0.15) is 33.6 Å². The fourth-order valence-corrected chi connectivity index (χ4v) is 1.40. The Labute approximate surface area is 108 Å². The van der Waals surface area contributed by atoms with Crippen LogP contribution in [0.5, 0.6) is 0 Å². The van der Waals surface area contributed by atoms with Crippen LogP contribution < -0.4 is 11.1 Å². The molecule has 0 aliphatic heterocycles. The van der Waals surface area contributed by atoms with Gasteiger partial charge in [0.1, 0.15) is 0 Å². The Morgan fingerprint density at radius 1 is 1.50 bits per heavy atom. The van der Waals surface area contributed by atoms with Gasteiger partial charge in [0.2, 0.25) is 5.91 Å². The summed E-state index contributed by atoms with van der Waals surface area (Å²) in [5.41, 5.74) is 5.91. The summed E-state index contributed by atoms with van der Waals surface area (Å²) in [5.74, 6) is 0.0102. The molecule has 1 aromatic heterocycles. The average molecular weight is 253 g/mol. The van der Waals surface area contributed by atoms with E-state index in [0.29, 0.717) is 13.0 Å². The molecule has 0 radical (unpaired) electrons. The first kappa shape index (κ1) is 14.6. The van der Waals surface area contributed by atoms with E-state index in [1.54, 1.807) is 17.1 Å². The van der Waals surface area contributed by atoms with Crippen LogP contribution in [0.2, 0.25) is 0 Å². The van der Waals surface area contributed by atoms with E-state index >= 15 is 0 Å². The highest BCUT2D eigenvalue weighted by molar-refractivity contribution is 5.76. The summed E-state index contributed by atoms with van der Waals surface area (Å²) < 4.78 is 1.74. The van der Waals surface area contributed by atoms with Crippen LogP contribution in [-0.2, 0) is 11.3 Å². The lowest BCUT2D eigenvalue weighted by Gasteiger charge is -2.26. The number of hydrogen-bond acceptors (Lipinski definition) is 4. The molecular formula is C12H23N5O. The van der Waals surface area contributed by atoms with Crippen molar-refractivity contribution >= 4 is 5.91 Å². The second kappa shape index (κ2) is 6.49. The molecule has 0 saturated carbocycles. The third-order valence-corrected chi connectivity index (χ3v) is 2.88. The van der Waals surface area contributed by atoms with E-state index in [1.807, 2.05) is 20.8 Å². The zero-order valence-corrected chi connectivity index (χ0v) is 11.4. The van der Waals surface area contributed by atoms with Gasteiger partial charge in [0, 0.05) is 31.7 Å². The highest BCUT2D eigenvalue weighted by atomic mass is 16.1. The maximum atomic E-state index is 11.6. The third-order valence-electron chi connectivity index (χ3n) is 2.88. The molecule has 1 amide bonds. The van der Waals surface area contributed by atoms with Crippen LogP contribution in [-0.4, -0.2) is 33.5 Å². The minimum absolute atomic E-state index is 0.0102. The molecule has 6 nitrogen and oxygen atoms in total. The number of carbonyl (C=O) groups excluding carboxylic acids is 1. The fraction of sp³-hybridized carbons (Fsp3) is 0.750. The third kappa shape index (κ3) is 5.27. The Morgan fingerprint density at radius 3 is 2.78 bits per heavy atom. The number of aryl methyl sites for hydroxylation is 1. The molecule has 6 heteroatoms. The molecule has 0 aromatic carbocycles. The molecule has 0 aliphatic rings. The minimum atomic E-state index is -0.118. The average Bonchev–Trinajstić information content (AvgIpc) is 2.75. The molecule has 0 aliphatic carbocycles. The van der Waals surface area contributed by atoms with Crippen molar-refractivity contribution in [3.05, 3.63) is 12.4 Å². The maximum absolute atomic E-state index is 11.6. The Morgan fingerprint density at radius 2 is 2.22 bits per heavy atom. The van der Waals surface area contributed by atoms with Crippen molar-refractivity contribution in [2.75, 3.05) is 6.54 Å². The monoisotopic (exact) mass is 253 g/mol. The van der Waals surface area contributed by atoms with Gasteiger partial charge in [-0.1, -0.05) is 26.0 Å². The topological polar surface area (TPSA) is 85.8 Å². The smallest absolute Gasteiger partial charge is 0.221 e. The first-order valence-corrected chi connectivity index (χ1v) is 6.26. The normalized spacial score (nSPS) is 13.3. The number of rotatable bonds is 6. The van der Waals surface area contributed by atoms with E-state index < -0.39 is 0 Å². The molecule has 3 N–H and O–H groups in total. The van der Waals surface area contributed by atoms with Crippen molar-refractivity contribution in [1.29, 1.82) is 0 Å². The van der Waals surface area contributed by atoms with Gasteiger partial charge in [-0.2, -0.15) is 0 Å². The zero-order valence-electron chi connectivity index (χ0n) is 11.4. The van der Waals surface area contributed by atoms with E-state index in [-0.39, 0.29) is 17.4 Å². The van der Waals surface area contributed by atoms with Gasteiger partial charge in [0.05, 0.1) is 6.20 Å². The van der Waals surface area contributed by atoms with Gasteiger partial charge >= 0.3 is 0 Å². The molecule has 0 bridgehead atoms. The highest BCUT2D eigenvalue weighted by Crippen LogP contribution is 2.19. The highest BCUT2D eigenvalue weighted by Gasteiger charge is 2.22. The lowest BCUT2D eigenvalue weighted by atomic mass is 9.85. The van der Waals surface area contributed by atoms with E-state index in [4.69, 9.17) is 5.73 Å². The van der Waals surface area contributed by atoms with E-state index in [9.17, 15) is 4.79 Å². The summed E-state index contributed by atoms with van der Waals surface area (Å²) in [4.78, 5) is 11.6. The molecule has 1 rings (SSSR count). The Bertz CT molecular complexity index is 355. The van der Waals surface area contributed by atoms with Gasteiger partial charge in [-0.15, -0.1) is 5.10 Å². The molecule has 102 valence electrons. The maximum Gasteiger partial charge on any atom is 0.221 e. The first-order chi connectivity index (χ1) is 8.39. The number of amides is 1. The van der Waals surface area contributed by atoms with Gasteiger partial charge in [0.25, 0.3) is 0 Å². The quantitative estimate of drug-likeness (QED) is 0.725. The molecule has 0 fully saturated rings. The minimum Gasteiger partial charge on any atom is -0.356 e. The van der Waals surface area contributed by atoms with Gasteiger partial charge < -0.3 is 11.1 Å². The van der Waals surface area contributed by atoms with Gasteiger partial charge in [-0.25, -0.2) is 0 Å². The molecule has 1 atom stereocenters. The fourth-order valence-electron chi connectivity index (χ4n) is 1.40. The largest absolute Gasteiger partial charge is 0.356 e. The Balaban J connectivity index is 2.14. The number of nitrogens with two attached hydrogens (primary N) is 1. The molecule has 0 saturated heterocycles. The summed E-state index contributed by atoms with van der Waals surface area (Å²) in [6, 6.07) is -0.118. The lowest BCUT2D eigenvalue weighted by molar-refractivity contribution is -0.121. The van der Waals surface area contributed by atoms with Crippen molar-refractivity contribution in [2.45, 2.75) is 46.2 Å². The molecule has 1 aromatic rings. The summed E-state index contributed by atoms with van der Waals surface area (Å²) in [6.07, 6.45) is 4.64. The Kier molecular flexibility index (Phi) is 5.27. The zero-order chi connectivity index (χ0) is 13.6. The number of aromatic nitrogens is 3. The second-order valence-corrected chi connectivity index (χ2v) is 5.55.